The molecule has 0 spiro atoms. The van der Waals surface area contributed by atoms with Gasteiger partial charge in [0.25, 0.3) is 0 Å². The minimum atomic E-state index is -0.164. The Morgan fingerprint density at radius 1 is 0.424 bits per heavy atom. The van der Waals surface area contributed by atoms with E-state index in [1.165, 1.54) is 134 Å². The van der Waals surface area contributed by atoms with Crippen molar-refractivity contribution in [2.75, 3.05) is 34.5 Å². The molecule has 10 nitrogen and oxygen atoms in total. The number of aromatic hydroxyl groups is 2. The second-order valence-corrected chi connectivity index (χ2v) is 36.3. The number of rotatable bonds is 43. The number of aldehydes is 2. The van der Waals surface area contributed by atoms with Crippen LogP contribution >= 0.6 is 0 Å². The van der Waals surface area contributed by atoms with Gasteiger partial charge in [-0.1, -0.05) is 203 Å². The first-order valence-corrected chi connectivity index (χ1v) is 45.8. The molecule has 0 amide bonds. The maximum atomic E-state index is 14.3. The number of phenols is 2. The van der Waals surface area contributed by atoms with Crippen LogP contribution in [-0.4, -0.2) is 47.4 Å². The summed E-state index contributed by atoms with van der Waals surface area (Å²) in [5, 5.41) is 27.5. The molecule has 656 valence electrons. The van der Waals surface area contributed by atoms with Gasteiger partial charge in [-0.25, -0.2) is 0 Å². The van der Waals surface area contributed by atoms with E-state index in [1.54, 1.807) is 0 Å². The maximum Gasteiger partial charge on any atom is 0.126 e. The fraction of sp³-hybridized carbons (Fsp3) is 0.374. The molecule has 1 atom stereocenters. The lowest BCUT2D eigenvalue weighted by molar-refractivity contribution is -0.108. The van der Waals surface area contributed by atoms with Gasteiger partial charge >= 0.3 is 0 Å². The predicted octanol–water partition coefficient (Wildman–Crippen LogP) is 27.7. The minimum absolute atomic E-state index is 0.154. The van der Waals surface area contributed by atoms with Gasteiger partial charge in [-0.2, -0.15) is 0 Å². The Balaban J connectivity index is 1.20. The largest absolute Gasteiger partial charge is 0.507 e. The van der Waals surface area contributed by atoms with Gasteiger partial charge < -0.3 is 48.9 Å². The number of carbonyl (C=O) groups excluding carboxylic acids is 2. The molecule has 0 heterocycles. The first-order chi connectivity index (χ1) is 60.0. The zero-order valence-electron chi connectivity index (χ0n) is 78.8. The van der Waals surface area contributed by atoms with Crippen LogP contribution in [-0.2, 0) is 79.3 Å². The first-order valence-electron chi connectivity index (χ1n) is 45.8. The molecule has 0 radical (unpaired) electrons. The molecule has 1 unspecified atom stereocenters. The molecule has 0 aliphatic heterocycles. The highest BCUT2D eigenvalue weighted by Gasteiger charge is 2.29. The average Bonchev–Trinajstić information content (AvgIpc) is 0.770. The predicted molar refractivity (Wildman–Crippen MR) is 525 cm³/mol. The summed E-state index contributed by atoms with van der Waals surface area (Å²) in [5.74, 6) is 1.63. The highest BCUT2D eigenvalue weighted by molar-refractivity contribution is 5.67. The summed E-state index contributed by atoms with van der Waals surface area (Å²) in [6.07, 6.45) is 17.7. The Hall–Kier alpha value is -11.4. The van der Waals surface area contributed by atoms with E-state index < -0.39 is 0 Å². The van der Waals surface area contributed by atoms with Gasteiger partial charge in [0.15, 0.2) is 0 Å². The lowest BCUT2D eigenvalue weighted by atomic mass is 9.91. The monoisotopic (exact) mass is 1670 g/mol. The van der Waals surface area contributed by atoms with Crippen LogP contribution in [0.1, 0.15) is 255 Å². The van der Waals surface area contributed by atoms with Gasteiger partial charge in [-0.3, -0.25) is 0 Å². The molecule has 11 rings (SSSR count). The number of nitrogens with zero attached hydrogens (tertiary/aromatic N) is 4. The smallest absolute Gasteiger partial charge is 0.126 e. The zero-order chi connectivity index (χ0) is 89.7. The molecular formula is C115H140N4O6. The van der Waals surface area contributed by atoms with E-state index in [-0.39, 0.29) is 30.4 Å². The Morgan fingerprint density at radius 3 is 1.25 bits per heavy atom. The third kappa shape index (κ3) is 25.5. The summed E-state index contributed by atoms with van der Waals surface area (Å²) >= 11 is 0. The summed E-state index contributed by atoms with van der Waals surface area (Å²) in [6, 6.07) is 60.9. The van der Waals surface area contributed by atoms with E-state index in [0.29, 0.717) is 107 Å². The Labute approximate surface area is 750 Å². The van der Waals surface area contributed by atoms with Crippen LogP contribution in [0.3, 0.4) is 0 Å². The van der Waals surface area contributed by atoms with Gasteiger partial charge in [0.2, 0.25) is 0 Å². The summed E-state index contributed by atoms with van der Waals surface area (Å²) in [4.78, 5) is 33.6. The number of allylic oxidation sites excluding steroid dienone is 6. The van der Waals surface area contributed by atoms with Crippen molar-refractivity contribution in [3.63, 3.8) is 0 Å². The molecule has 0 saturated heterocycles. The van der Waals surface area contributed by atoms with Crippen molar-refractivity contribution in [3.05, 3.63) is 373 Å². The second kappa shape index (κ2) is 44.5. The fourth-order valence-electron chi connectivity index (χ4n) is 18.2. The van der Waals surface area contributed by atoms with Crippen molar-refractivity contribution in [3.8, 4) is 17.2 Å². The Kier molecular flexibility index (Phi) is 33.6. The van der Waals surface area contributed by atoms with Gasteiger partial charge in [0.1, 0.15) is 35.6 Å². The van der Waals surface area contributed by atoms with E-state index >= 15 is 0 Å². The maximum absolute atomic E-state index is 14.3. The van der Waals surface area contributed by atoms with E-state index in [1.807, 2.05) is 0 Å². The molecule has 125 heavy (non-hydrogen) atoms. The van der Waals surface area contributed by atoms with Gasteiger partial charge in [-0.15, -0.1) is 0 Å². The molecule has 2 N–H and O–H groups in total. The summed E-state index contributed by atoms with van der Waals surface area (Å²) in [5.41, 5.74) is 39.2. The lowest BCUT2D eigenvalue weighted by Crippen LogP contribution is -2.27. The minimum Gasteiger partial charge on any atom is -0.507 e. The van der Waals surface area contributed by atoms with Crippen molar-refractivity contribution in [1.29, 1.82) is 0 Å². The van der Waals surface area contributed by atoms with Crippen molar-refractivity contribution < 1.29 is 29.3 Å². The molecule has 10 aromatic rings. The number of hydrogen-bond acceptors (Lipinski definition) is 10. The molecule has 1 aliphatic rings. The second-order valence-electron chi connectivity index (χ2n) is 36.3. The molecule has 0 bridgehead atoms. The standard InChI is InChI=1S/C115H140N4O6/c1-21-94-62-109(117(71-97-41-33-78(5)53-86(97)13)72-98-42-34-79(6)54-87(98)14)64-104(113(94)122)60-106-67-110(118(73-99-43-35-80(7)55-88(99)15)74-100-44-36-81(8)56-89(100)16)68-107(115(106)125-50-30-26-24-28-48-121)61-105-66-111(119(75-101-45-37-82(9)57-90(101)17)92(19)112-46-38-83(10)58-91(112)18)65-103(114(105)123)59-102(93(20)124-49-29-25-23-27-47-120)63-108(22-2)116(69-95-39-31-76(3)51-84(95)11)70-96-40-32-77(4)52-85(96)12/h22,31-33,35-41,43-48,51-58,62-68,92,122-123H,20-21,23-30,34,42,49-50,59-61,69-75H2,1-19H3. The van der Waals surface area contributed by atoms with Crippen molar-refractivity contribution in [2.45, 2.75) is 267 Å². The van der Waals surface area contributed by atoms with Crippen LogP contribution in [0.5, 0.6) is 17.2 Å². The molecule has 0 fully saturated rings. The highest BCUT2D eigenvalue weighted by atomic mass is 16.5. The average molecular weight is 1670 g/mol. The van der Waals surface area contributed by atoms with E-state index in [0.717, 1.165) is 115 Å². The molecule has 0 saturated carbocycles. The molecule has 10 heteroatoms. The summed E-state index contributed by atoms with van der Waals surface area (Å²) in [7, 11) is 0. The van der Waals surface area contributed by atoms with Crippen molar-refractivity contribution in [1.82, 2.24) is 4.90 Å². The number of hydrogen-bond donors (Lipinski definition) is 2. The Bertz CT molecular complexity index is 5520. The number of phenolic OH excluding ortho intramolecular Hbond substituents is 2. The number of ether oxygens (including phenoxy) is 2. The van der Waals surface area contributed by atoms with Gasteiger partial charge in [0, 0.05) is 134 Å². The third-order valence-electron chi connectivity index (χ3n) is 25.8. The number of benzene rings is 10. The van der Waals surface area contributed by atoms with Crippen LogP contribution in [0.15, 0.2) is 222 Å². The van der Waals surface area contributed by atoms with Gasteiger partial charge in [0.05, 0.1) is 19.3 Å². The quantitative estimate of drug-likeness (QED) is 0.0166. The SMILES string of the molecule is C=C(OCCCCCC=O)C(=CC(=CC)N(Cc1ccc(C)cc1C)Cc1ccc(C)cc1C)Cc1cc(N(Cc2ccc(C)cc2C)C(C)c2ccc(C)cc2C)cc(Cc2cc(N(Cc3ccc(C)cc3C)Cc3ccc(C)cc3C)cc(Cc3cc(N(CC4=C(C)C=C(C)CC4)Cc4ccc(C)cc4C)cc(CC)c3O)c2OCCCCCC=O)c1O. The van der Waals surface area contributed by atoms with Crippen LogP contribution in [0.25, 0.3) is 0 Å². The van der Waals surface area contributed by atoms with E-state index in [4.69, 9.17) is 16.1 Å². The normalized spacial score (nSPS) is 12.6. The molecule has 10 aromatic carbocycles. The van der Waals surface area contributed by atoms with Crippen molar-refractivity contribution in [2.24, 2.45) is 0 Å². The summed E-state index contributed by atoms with van der Waals surface area (Å²) in [6.45, 7) is 51.7. The molecule has 0 aromatic heterocycles. The van der Waals surface area contributed by atoms with Crippen LogP contribution < -0.4 is 19.4 Å². The fourth-order valence-corrected chi connectivity index (χ4v) is 18.2. The van der Waals surface area contributed by atoms with Crippen LogP contribution in [0, 0.1) is 96.9 Å². The zero-order valence-corrected chi connectivity index (χ0v) is 78.8. The number of unbranched alkanes of at least 4 members (excludes halogenated alkanes) is 6. The first kappa shape index (κ1) is 94.3. The van der Waals surface area contributed by atoms with Crippen LogP contribution in [0.2, 0.25) is 0 Å². The lowest BCUT2D eigenvalue weighted by Gasteiger charge is -2.34. The highest BCUT2D eigenvalue weighted by Crippen LogP contribution is 2.45. The number of aryl methyl sites for hydroxylation is 15. The van der Waals surface area contributed by atoms with Crippen molar-refractivity contribution >= 4 is 29.6 Å². The molecule has 1 aliphatic carbocycles. The number of anilines is 3. The number of carbonyl (C=O) groups is 2. The molecular weight excluding hydrogens is 1530 g/mol. The van der Waals surface area contributed by atoms with E-state index in [9.17, 15) is 19.8 Å². The van der Waals surface area contributed by atoms with Gasteiger partial charge in [-0.05, 0) is 314 Å². The third-order valence-corrected chi connectivity index (χ3v) is 25.8. The topological polar surface area (TPSA) is 106 Å². The summed E-state index contributed by atoms with van der Waals surface area (Å²) < 4.78 is 14.5. The van der Waals surface area contributed by atoms with E-state index in [2.05, 4.69) is 333 Å². The van der Waals surface area contributed by atoms with Crippen LogP contribution in [0.4, 0.5) is 17.1 Å². The Morgan fingerprint density at radius 2 is 0.816 bits per heavy atom.